The minimum Gasteiger partial charge on any atom is -0.462 e. The number of nitrogens with zero attached hydrogens (tertiary/aromatic N) is 1. The second-order valence-corrected chi connectivity index (χ2v) is 4.56. The molecule has 19 heavy (non-hydrogen) atoms. The van der Waals surface area contributed by atoms with E-state index in [1.807, 2.05) is 30.3 Å². The van der Waals surface area contributed by atoms with Crippen LogP contribution in [-0.2, 0) is 16.0 Å². The smallest absolute Gasteiger partial charge is 0.357 e. The normalized spacial score (nSPS) is 25.2. The van der Waals surface area contributed by atoms with Gasteiger partial charge in [-0.05, 0) is 18.1 Å². The van der Waals surface area contributed by atoms with Crippen molar-refractivity contribution in [2.24, 2.45) is 5.92 Å². The highest BCUT2D eigenvalue weighted by Gasteiger charge is 2.43. The highest BCUT2D eigenvalue weighted by Crippen LogP contribution is 2.20. The number of aliphatic hydroxyl groups is 1. The van der Waals surface area contributed by atoms with Gasteiger partial charge in [-0.2, -0.15) is 0 Å². The lowest BCUT2D eigenvalue weighted by Gasteiger charge is -2.23. The molecule has 2 atom stereocenters. The number of ether oxygens (including phenoxy) is 1. The Hall–Kier alpha value is -2.36. The first-order valence-electron chi connectivity index (χ1n) is 6.19. The molecule has 0 aliphatic carbocycles. The fraction of sp³-hybridized carbons (Fsp3) is 0.200. The van der Waals surface area contributed by atoms with Crippen LogP contribution in [-0.4, -0.2) is 27.8 Å². The maximum absolute atomic E-state index is 12.0. The predicted molar refractivity (Wildman–Crippen MR) is 69.7 cm³/mol. The molecule has 0 aromatic heterocycles. The fourth-order valence-electron chi connectivity index (χ4n) is 2.29. The second-order valence-electron chi connectivity index (χ2n) is 4.56. The summed E-state index contributed by atoms with van der Waals surface area (Å²) in [5.74, 6) is -0.983. The van der Waals surface area contributed by atoms with Crippen LogP contribution < -0.4 is 0 Å². The van der Waals surface area contributed by atoms with Gasteiger partial charge >= 0.3 is 18.1 Å². The molecule has 0 saturated heterocycles. The van der Waals surface area contributed by atoms with Gasteiger partial charge in [-0.15, -0.1) is 4.58 Å². The average molecular weight is 256 g/mol. The molecule has 0 fully saturated rings. The van der Waals surface area contributed by atoms with Crippen LogP contribution in [0.25, 0.3) is 0 Å². The molecule has 2 heterocycles. The van der Waals surface area contributed by atoms with Crippen molar-refractivity contribution in [3.8, 4) is 0 Å². The van der Waals surface area contributed by atoms with Crippen molar-refractivity contribution in [3.05, 3.63) is 60.3 Å². The number of fused-ring (bicyclic) bond motifs is 1. The second kappa shape index (κ2) is 4.72. The Morgan fingerprint density at radius 2 is 2.00 bits per heavy atom. The van der Waals surface area contributed by atoms with E-state index in [1.54, 1.807) is 29.0 Å². The number of esters is 1. The first-order chi connectivity index (χ1) is 9.25. The fourth-order valence-corrected chi connectivity index (χ4v) is 2.29. The molecule has 2 aliphatic rings. The minimum atomic E-state index is -0.644. The van der Waals surface area contributed by atoms with Crippen LogP contribution in [0.2, 0.25) is 0 Å². The monoisotopic (exact) mass is 256 g/mol. The zero-order valence-electron chi connectivity index (χ0n) is 10.3. The molecule has 1 aromatic rings. The molecule has 0 amide bonds. The van der Waals surface area contributed by atoms with Gasteiger partial charge in [-0.1, -0.05) is 30.3 Å². The number of hydrogen-bond acceptors (Lipinski definition) is 2. The van der Waals surface area contributed by atoms with Gasteiger partial charge in [0.25, 0.3) is 0 Å². The van der Waals surface area contributed by atoms with Gasteiger partial charge in [0.05, 0.1) is 0 Å². The third-order valence-corrected chi connectivity index (χ3v) is 3.29. The lowest BCUT2D eigenvalue weighted by Crippen LogP contribution is -2.45. The lowest BCUT2D eigenvalue weighted by atomic mass is 9.98. The van der Waals surface area contributed by atoms with Crippen LogP contribution in [0.4, 0.5) is 0 Å². The van der Waals surface area contributed by atoms with Gasteiger partial charge in [0.15, 0.2) is 12.1 Å². The first-order valence-corrected chi connectivity index (χ1v) is 6.19. The van der Waals surface area contributed by atoms with Gasteiger partial charge in [0, 0.05) is 12.2 Å². The molecule has 1 aromatic carbocycles. The Morgan fingerprint density at radius 1 is 1.21 bits per heavy atom. The lowest BCUT2D eigenvalue weighted by molar-refractivity contribution is -0.549. The summed E-state index contributed by atoms with van der Waals surface area (Å²) in [5, 5.41) is 10.3. The van der Waals surface area contributed by atoms with E-state index < -0.39 is 12.1 Å². The van der Waals surface area contributed by atoms with Crippen LogP contribution in [0.1, 0.15) is 5.56 Å². The molecule has 96 valence electrons. The molecule has 0 bridgehead atoms. The van der Waals surface area contributed by atoms with Crippen LogP contribution in [0, 0.1) is 5.92 Å². The van der Waals surface area contributed by atoms with Gasteiger partial charge in [0.2, 0.25) is 0 Å². The number of carbonyl (C=O) groups is 1. The van der Waals surface area contributed by atoms with Crippen LogP contribution in [0.3, 0.4) is 0 Å². The summed E-state index contributed by atoms with van der Waals surface area (Å²) in [7, 11) is 0. The van der Waals surface area contributed by atoms with E-state index in [-0.39, 0.29) is 11.9 Å². The Bertz CT molecular complexity index is 587. The van der Waals surface area contributed by atoms with Crippen molar-refractivity contribution in [2.75, 3.05) is 0 Å². The number of allylic oxidation sites excluding steroid dienone is 2. The van der Waals surface area contributed by atoms with E-state index >= 15 is 0 Å². The standard InChI is InChI=1S/C15H13NO3/c17-14-12(10-11-6-2-1-3-7-11)15(18)19-13-8-4-5-9-16(13)14/h1-9,12-13H,10H2/p+1/t12-,13+/m1/s1. The first kappa shape index (κ1) is 11.7. The van der Waals surface area contributed by atoms with Gasteiger partial charge < -0.3 is 9.84 Å². The minimum absolute atomic E-state index is 0.0469. The SMILES string of the molecule is O=C1O[C@H]2C=CC=C[N+]2=C(O)[C@H]1Cc1ccccc1. The summed E-state index contributed by atoms with van der Waals surface area (Å²) >= 11 is 0. The summed E-state index contributed by atoms with van der Waals surface area (Å²) in [6.07, 6.45) is 6.94. The van der Waals surface area contributed by atoms with Crippen LogP contribution in [0.15, 0.2) is 54.8 Å². The number of aliphatic hydroxyl groups excluding tert-OH is 1. The molecule has 0 unspecified atom stereocenters. The maximum atomic E-state index is 12.0. The molecule has 0 spiro atoms. The highest BCUT2D eigenvalue weighted by atomic mass is 16.6. The Labute approximate surface area is 110 Å². The van der Waals surface area contributed by atoms with Crippen molar-refractivity contribution in [1.82, 2.24) is 0 Å². The quantitative estimate of drug-likeness (QED) is 0.648. The van der Waals surface area contributed by atoms with E-state index in [1.165, 1.54) is 0 Å². The third kappa shape index (κ3) is 2.17. The zero-order valence-corrected chi connectivity index (χ0v) is 10.3. The number of carbonyl (C=O) groups excluding carboxylic acids is 1. The zero-order chi connectivity index (χ0) is 13.2. The molecule has 4 nitrogen and oxygen atoms in total. The summed E-state index contributed by atoms with van der Waals surface area (Å²) in [4.78, 5) is 12.0. The van der Waals surface area contributed by atoms with Crippen molar-refractivity contribution in [2.45, 2.75) is 12.6 Å². The molecular formula is C15H14NO3+. The maximum Gasteiger partial charge on any atom is 0.357 e. The van der Waals surface area contributed by atoms with Crippen LogP contribution in [0.5, 0.6) is 0 Å². The van der Waals surface area contributed by atoms with Crippen LogP contribution >= 0.6 is 0 Å². The van der Waals surface area contributed by atoms with E-state index in [2.05, 4.69) is 0 Å². The Balaban J connectivity index is 1.91. The van der Waals surface area contributed by atoms with Gasteiger partial charge in [-0.3, -0.25) is 4.79 Å². The van der Waals surface area contributed by atoms with E-state index in [4.69, 9.17) is 4.74 Å². The van der Waals surface area contributed by atoms with E-state index in [0.29, 0.717) is 6.42 Å². The van der Waals surface area contributed by atoms with E-state index in [9.17, 15) is 9.90 Å². The summed E-state index contributed by atoms with van der Waals surface area (Å²) in [6, 6.07) is 9.59. The van der Waals surface area contributed by atoms with E-state index in [0.717, 1.165) is 5.56 Å². The molecule has 0 saturated carbocycles. The highest BCUT2D eigenvalue weighted by molar-refractivity contribution is 5.96. The predicted octanol–water partition coefficient (Wildman–Crippen LogP) is 1.78. The summed E-state index contributed by atoms with van der Waals surface area (Å²) in [6.45, 7) is 0. The largest absolute Gasteiger partial charge is 0.462 e. The molecule has 2 aliphatic heterocycles. The van der Waals surface area contributed by atoms with Crippen molar-refractivity contribution in [3.63, 3.8) is 0 Å². The number of hydrogen-bond donors (Lipinski definition) is 1. The molecule has 1 N–H and O–H groups in total. The topological polar surface area (TPSA) is 49.5 Å². The molecule has 4 heteroatoms. The van der Waals surface area contributed by atoms with Crippen molar-refractivity contribution >= 4 is 11.9 Å². The number of benzene rings is 1. The third-order valence-electron chi connectivity index (χ3n) is 3.29. The van der Waals surface area contributed by atoms with Gasteiger partial charge in [0.1, 0.15) is 0 Å². The summed E-state index contributed by atoms with van der Waals surface area (Å²) < 4.78 is 6.89. The van der Waals surface area contributed by atoms with Gasteiger partial charge in [-0.25, -0.2) is 0 Å². The summed E-state index contributed by atoms with van der Waals surface area (Å²) in [5.41, 5.74) is 0.992. The van der Waals surface area contributed by atoms with Crippen molar-refractivity contribution in [1.29, 1.82) is 0 Å². The average Bonchev–Trinajstić information content (AvgIpc) is 2.45. The molecule has 3 rings (SSSR count). The van der Waals surface area contributed by atoms with Crippen molar-refractivity contribution < 1.29 is 19.2 Å². The molecular weight excluding hydrogens is 242 g/mol. The number of rotatable bonds is 2. The Kier molecular flexibility index (Phi) is 2.91. The molecule has 0 radical (unpaired) electrons. The Morgan fingerprint density at radius 3 is 2.79 bits per heavy atom.